The minimum absolute atomic E-state index is 0.0176. The van der Waals surface area contributed by atoms with Gasteiger partial charge in [0.05, 0.1) is 11.7 Å². The smallest absolute Gasteiger partial charge is 0.255 e. The van der Waals surface area contributed by atoms with E-state index in [0.717, 1.165) is 25.7 Å². The molecule has 0 aromatic carbocycles. The van der Waals surface area contributed by atoms with Crippen LogP contribution in [0.1, 0.15) is 36.0 Å². The van der Waals surface area contributed by atoms with Gasteiger partial charge in [0, 0.05) is 31.9 Å². The number of H-pyrrole nitrogens is 1. The van der Waals surface area contributed by atoms with E-state index in [4.69, 9.17) is 0 Å². The van der Waals surface area contributed by atoms with Crippen LogP contribution in [0.4, 0.5) is 0 Å². The number of carbonyl (C=O) groups is 1. The summed E-state index contributed by atoms with van der Waals surface area (Å²) in [5.74, 6) is 0.251. The van der Waals surface area contributed by atoms with Crippen LogP contribution in [0.25, 0.3) is 0 Å². The lowest BCUT2D eigenvalue weighted by atomic mass is 9.86. The molecule has 1 saturated carbocycles. The first kappa shape index (κ1) is 12.2. The Labute approximate surface area is 102 Å². The predicted molar refractivity (Wildman–Crippen MR) is 65.7 cm³/mol. The molecular formula is C13H20N2O2. The zero-order chi connectivity index (χ0) is 12.3. The molecule has 1 amide bonds. The van der Waals surface area contributed by atoms with Gasteiger partial charge in [-0.05, 0) is 18.9 Å². The number of amides is 1. The van der Waals surface area contributed by atoms with E-state index in [2.05, 4.69) is 4.98 Å². The molecule has 2 unspecified atom stereocenters. The van der Waals surface area contributed by atoms with Gasteiger partial charge in [-0.1, -0.05) is 12.8 Å². The number of rotatable bonds is 3. The first-order valence-electron chi connectivity index (χ1n) is 6.25. The molecule has 94 valence electrons. The van der Waals surface area contributed by atoms with Crippen LogP contribution in [-0.2, 0) is 0 Å². The molecule has 2 atom stereocenters. The molecule has 0 spiro atoms. The Morgan fingerprint density at radius 2 is 2.29 bits per heavy atom. The normalized spacial score (nSPS) is 24.6. The van der Waals surface area contributed by atoms with Crippen LogP contribution in [0.3, 0.4) is 0 Å². The minimum atomic E-state index is -0.245. The third-order valence-electron chi connectivity index (χ3n) is 3.57. The lowest BCUT2D eigenvalue weighted by molar-refractivity contribution is 0.0451. The van der Waals surface area contributed by atoms with E-state index in [1.54, 1.807) is 30.4 Å². The standard InChI is InChI=1S/C13H20N2O2/c1-15(13(17)10-6-7-14-8-10)9-11-4-2-3-5-12(11)16/h6-8,11-12,14,16H,2-5,9H2,1H3. The fraction of sp³-hybridized carbons (Fsp3) is 0.615. The second-order valence-electron chi connectivity index (χ2n) is 4.90. The lowest BCUT2D eigenvalue weighted by Gasteiger charge is -2.31. The van der Waals surface area contributed by atoms with E-state index in [9.17, 15) is 9.90 Å². The summed E-state index contributed by atoms with van der Waals surface area (Å²) in [7, 11) is 1.80. The Hall–Kier alpha value is -1.29. The SMILES string of the molecule is CN(CC1CCCCC1O)C(=O)c1cc[nH]c1. The highest BCUT2D eigenvalue weighted by molar-refractivity contribution is 5.93. The maximum atomic E-state index is 12.0. The first-order valence-corrected chi connectivity index (χ1v) is 6.25. The van der Waals surface area contributed by atoms with Crippen LogP contribution in [0.5, 0.6) is 0 Å². The number of aliphatic hydroxyl groups is 1. The molecule has 1 heterocycles. The van der Waals surface area contributed by atoms with Crippen LogP contribution in [0.15, 0.2) is 18.5 Å². The second kappa shape index (κ2) is 5.36. The summed E-state index contributed by atoms with van der Waals surface area (Å²) >= 11 is 0. The summed E-state index contributed by atoms with van der Waals surface area (Å²) in [6, 6.07) is 1.77. The zero-order valence-corrected chi connectivity index (χ0v) is 10.2. The number of hydrogen-bond acceptors (Lipinski definition) is 2. The van der Waals surface area contributed by atoms with Crippen molar-refractivity contribution in [3.05, 3.63) is 24.0 Å². The molecule has 1 aromatic heterocycles. The Morgan fingerprint density at radius 3 is 2.94 bits per heavy atom. The number of aromatic amines is 1. The molecule has 0 radical (unpaired) electrons. The van der Waals surface area contributed by atoms with Crippen LogP contribution < -0.4 is 0 Å². The molecule has 1 fully saturated rings. The number of hydrogen-bond donors (Lipinski definition) is 2. The number of aliphatic hydroxyl groups excluding tert-OH is 1. The number of aromatic nitrogens is 1. The van der Waals surface area contributed by atoms with Crippen molar-refractivity contribution in [2.24, 2.45) is 5.92 Å². The van der Waals surface area contributed by atoms with E-state index in [0.29, 0.717) is 12.1 Å². The molecule has 0 saturated heterocycles. The lowest BCUT2D eigenvalue weighted by Crippen LogP contribution is -2.37. The molecule has 2 N–H and O–H groups in total. The highest BCUT2D eigenvalue weighted by Crippen LogP contribution is 2.25. The Morgan fingerprint density at radius 1 is 1.53 bits per heavy atom. The summed E-state index contributed by atoms with van der Waals surface area (Å²) in [5, 5.41) is 9.89. The molecule has 4 heteroatoms. The van der Waals surface area contributed by atoms with Crippen molar-refractivity contribution in [2.45, 2.75) is 31.8 Å². The molecule has 2 rings (SSSR count). The maximum absolute atomic E-state index is 12.0. The molecule has 1 aliphatic carbocycles. The van der Waals surface area contributed by atoms with Gasteiger partial charge in [-0.2, -0.15) is 0 Å². The van der Waals surface area contributed by atoms with Gasteiger partial charge < -0.3 is 15.0 Å². The fourth-order valence-electron chi connectivity index (χ4n) is 2.51. The van der Waals surface area contributed by atoms with E-state index in [1.807, 2.05) is 0 Å². The van der Waals surface area contributed by atoms with Gasteiger partial charge >= 0.3 is 0 Å². The fourth-order valence-corrected chi connectivity index (χ4v) is 2.51. The van der Waals surface area contributed by atoms with Crippen LogP contribution in [0.2, 0.25) is 0 Å². The van der Waals surface area contributed by atoms with Crippen molar-refractivity contribution in [3.8, 4) is 0 Å². The molecule has 0 bridgehead atoms. The number of nitrogens with zero attached hydrogens (tertiary/aromatic N) is 1. The molecule has 17 heavy (non-hydrogen) atoms. The average molecular weight is 236 g/mol. The highest BCUT2D eigenvalue weighted by atomic mass is 16.3. The van der Waals surface area contributed by atoms with Crippen molar-refractivity contribution in [1.82, 2.24) is 9.88 Å². The van der Waals surface area contributed by atoms with Crippen molar-refractivity contribution >= 4 is 5.91 Å². The zero-order valence-electron chi connectivity index (χ0n) is 10.2. The molecule has 1 aliphatic rings. The van der Waals surface area contributed by atoms with Crippen LogP contribution >= 0.6 is 0 Å². The summed E-state index contributed by atoms with van der Waals surface area (Å²) in [6.07, 6.45) is 7.36. The van der Waals surface area contributed by atoms with Gasteiger partial charge in [0.25, 0.3) is 5.91 Å². The summed E-state index contributed by atoms with van der Waals surface area (Å²) in [6.45, 7) is 0.644. The highest BCUT2D eigenvalue weighted by Gasteiger charge is 2.25. The Balaban J connectivity index is 1.92. The van der Waals surface area contributed by atoms with Crippen molar-refractivity contribution in [2.75, 3.05) is 13.6 Å². The van der Waals surface area contributed by atoms with Gasteiger partial charge in [-0.3, -0.25) is 4.79 Å². The van der Waals surface area contributed by atoms with E-state index < -0.39 is 0 Å². The van der Waals surface area contributed by atoms with Crippen LogP contribution in [-0.4, -0.2) is 40.6 Å². The largest absolute Gasteiger partial charge is 0.393 e. The summed E-state index contributed by atoms with van der Waals surface area (Å²) < 4.78 is 0. The molecular weight excluding hydrogens is 216 g/mol. The predicted octanol–water partition coefficient (Wildman–Crippen LogP) is 1.64. The third-order valence-corrected chi connectivity index (χ3v) is 3.57. The summed E-state index contributed by atoms with van der Waals surface area (Å²) in [5.41, 5.74) is 0.679. The van der Waals surface area contributed by atoms with Gasteiger partial charge in [-0.15, -0.1) is 0 Å². The first-order chi connectivity index (χ1) is 8.18. The third kappa shape index (κ3) is 2.88. The van der Waals surface area contributed by atoms with E-state index in [-0.39, 0.29) is 17.9 Å². The van der Waals surface area contributed by atoms with Gasteiger partial charge in [0.1, 0.15) is 0 Å². The van der Waals surface area contributed by atoms with Crippen molar-refractivity contribution in [3.63, 3.8) is 0 Å². The number of nitrogens with one attached hydrogen (secondary N) is 1. The molecule has 4 nitrogen and oxygen atoms in total. The number of carbonyl (C=O) groups excluding carboxylic acids is 1. The van der Waals surface area contributed by atoms with Crippen LogP contribution in [0, 0.1) is 5.92 Å². The maximum Gasteiger partial charge on any atom is 0.255 e. The van der Waals surface area contributed by atoms with Crippen molar-refractivity contribution in [1.29, 1.82) is 0 Å². The van der Waals surface area contributed by atoms with Gasteiger partial charge in [-0.25, -0.2) is 0 Å². The van der Waals surface area contributed by atoms with E-state index >= 15 is 0 Å². The Bertz CT molecular complexity index is 362. The minimum Gasteiger partial charge on any atom is -0.393 e. The van der Waals surface area contributed by atoms with Crippen molar-refractivity contribution < 1.29 is 9.90 Å². The quantitative estimate of drug-likeness (QED) is 0.838. The average Bonchev–Trinajstić information content (AvgIpc) is 2.84. The van der Waals surface area contributed by atoms with Gasteiger partial charge in [0.15, 0.2) is 0 Å². The molecule has 0 aliphatic heterocycles. The molecule has 1 aromatic rings. The van der Waals surface area contributed by atoms with Gasteiger partial charge in [0.2, 0.25) is 0 Å². The Kier molecular flexibility index (Phi) is 3.84. The van der Waals surface area contributed by atoms with E-state index in [1.165, 1.54) is 0 Å². The topological polar surface area (TPSA) is 56.3 Å². The monoisotopic (exact) mass is 236 g/mol. The summed E-state index contributed by atoms with van der Waals surface area (Å²) in [4.78, 5) is 16.6. The second-order valence-corrected chi connectivity index (χ2v) is 4.90.